The zero-order valence-electron chi connectivity index (χ0n) is 22.1. The molecule has 0 bridgehead atoms. The third kappa shape index (κ3) is 5.03. The Bertz CT molecular complexity index is 982. The van der Waals surface area contributed by atoms with Crippen LogP contribution in [0.15, 0.2) is 42.5 Å². The molecule has 3 aliphatic carbocycles. The lowest BCUT2D eigenvalue weighted by molar-refractivity contribution is 0.0432. The fourth-order valence-corrected chi connectivity index (χ4v) is 8.39. The van der Waals surface area contributed by atoms with Gasteiger partial charge in [0.1, 0.15) is 12.4 Å². The molecule has 5 rings (SSSR count). The average Bonchev–Trinajstić information content (AvgIpc) is 3.26. The molecule has 2 saturated carbocycles. The van der Waals surface area contributed by atoms with Gasteiger partial charge in [-0.2, -0.15) is 0 Å². The topological polar surface area (TPSA) is 12.5 Å². The Morgan fingerprint density at radius 2 is 1.77 bits per heavy atom. The molecule has 5 atom stereocenters. The second kappa shape index (κ2) is 10.9. The lowest BCUT2D eigenvalue weighted by atomic mass is 9.51. The van der Waals surface area contributed by atoms with Crippen LogP contribution < -0.4 is 4.74 Å². The van der Waals surface area contributed by atoms with Gasteiger partial charge < -0.3 is 4.74 Å². The Balaban J connectivity index is 1.36. The maximum absolute atomic E-state index is 6.72. The van der Waals surface area contributed by atoms with Gasteiger partial charge in [-0.05, 0) is 122 Å². The Morgan fingerprint density at radius 3 is 2.51 bits per heavy atom. The van der Waals surface area contributed by atoms with Crippen LogP contribution in [0.1, 0.15) is 94.2 Å². The molecule has 0 heterocycles. The molecule has 0 unspecified atom stereocenters. The van der Waals surface area contributed by atoms with Crippen molar-refractivity contribution >= 4 is 11.6 Å². The van der Waals surface area contributed by atoms with Gasteiger partial charge in [0.25, 0.3) is 0 Å². The Kier molecular flexibility index (Phi) is 7.80. The molecule has 2 aromatic carbocycles. The van der Waals surface area contributed by atoms with Crippen molar-refractivity contribution in [1.82, 2.24) is 4.90 Å². The molecular formula is C32H44ClNO. The van der Waals surface area contributed by atoms with Crippen LogP contribution in [0.5, 0.6) is 5.75 Å². The molecule has 0 aromatic heterocycles. The van der Waals surface area contributed by atoms with E-state index < -0.39 is 0 Å². The van der Waals surface area contributed by atoms with Gasteiger partial charge in [-0.25, -0.2) is 0 Å². The van der Waals surface area contributed by atoms with Gasteiger partial charge in [0, 0.05) is 11.6 Å². The number of rotatable bonds is 9. The highest BCUT2D eigenvalue weighted by molar-refractivity contribution is 6.31. The predicted molar refractivity (Wildman–Crippen MR) is 148 cm³/mol. The van der Waals surface area contributed by atoms with Crippen LogP contribution in [-0.2, 0) is 6.42 Å². The second-order valence-corrected chi connectivity index (χ2v) is 12.2. The van der Waals surface area contributed by atoms with Gasteiger partial charge in [-0.1, -0.05) is 63.1 Å². The zero-order chi connectivity index (χ0) is 24.4. The highest BCUT2D eigenvalue weighted by Gasteiger charge is 2.54. The molecule has 0 saturated heterocycles. The van der Waals surface area contributed by atoms with E-state index in [1.807, 2.05) is 0 Å². The van der Waals surface area contributed by atoms with Gasteiger partial charge in [-0.15, -0.1) is 0 Å². The minimum absolute atomic E-state index is 0.485. The van der Waals surface area contributed by atoms with E-state index >= 15 is 0 Å². The fraction of sp³-hybridized carbons (Fsp3) is 0.625. The summed E-state index contributed by atoms with van der Waals surface area (Å²) in [5.41, 5.74) is 4.94. The molecular weight excluding hydrogens is 450 g/mol. The van der Waals surface area contributed by atoms with Gasteiger partial charge in [0.05, 0.1) is 0 Å². The number of benzene rings is 2. The first-order chi connectivity index (χ1) is 17.0. The van der Waals surface area contributed by atoms with Crippen molar-refractivity contribution in [3.63, 3.8) is 0 Å². The number of hydrogen-bond donors (Lipinski definition) is 0. The first-order valence-electron chi connectivity index (χ1n) is 14.3. The highest BCUT2D eigenvalue weighted by atomic mass is 35.5. The molecule has 35 heavy (non-hydrogen) atoms. The second-order valence-electron chi connectivity index (χ2n) is 11.8. The molecule has 2 nitrogen and oxygen atoms in total. The van der Waals surface area contributed by atoms with Crippen LogP contribution in [0.2, 0.25) is 5.02 Å². The van der Waals surface area contributed by atoms with E-state index in [9.17, 15) is 0 Å². The van der Waals surface area contributed by atoms with E-state index in [1.165, 1.54) is 56.1 Å². The van der Waals surface area contributed by atoms with Gasteiger partial charge in [0.15, 0.2) is 0 Å². The molecule has 2 fully saturated rings. The first-order valence-corrected chi connectivity index (χ1v) is 14.6. The van der Waals surface area contributed by atoms with Gasteiger partial charge in [-0.3, -0.25) is 4.90 Å². The first kappa shape index (κ1) is 25.2. The summed E-state index contributed by atoms with van der Waals surface area (Å²) in [7, 11) is 0. The molecule has 0 spiro atoms. The smallest absolute Gasteiger partial charge is 0.119 e. The van der Waals surface area contributed by atoms with Crippen LogP contribution in [-0.4, -0.2) is 31.1 Å². The van der Waals surface area contributed by atoms with E-state index in [1.54, 1.807) is 5.56 Å². The summed E-state index contributed by atoms with van der Waals surface area (Å²) in [5, 5.41) is 0.975. The molecule has 0 aliphatic heterocycles. The molecule has 3 heteroatoms. The van der Waals surface area contributed by atoms with Crippen molar-refractivity contribution in [2.75, 3.05) is 26.2 Å². The quantitative estimate of drug-likeness (QED) is 0.347. The third-order valence-electron chi connectivity index (χ3n) is 9.56. The van der Waals surface area contributed by atoms with E-state index in [0.29, 0.717) is 17.3 Å². The maximum Gasteiger partial charge on any atom is 0.119 e. The van der Waals surface area contributed by atoms with Crippen molar-refractivity contribution in [3.05, 3.63) is 64.2 Å². The van der Waals surface area contributed by atoms with Crippen LogP contribution in [0, 0.1) is 17.3 Å². The van der Waals surface area contributed by atoms with Crippen molar-refractivity contribution in [2.45, 2.75) is 84.0 Å². The summed E-state index contributed by atoms with van der Waals surface area (Å²) in [4.78, 5) is 2.51. The van der Waals surface area contributed by atoms with Gasteiger partial charge in [0.2, 0.25) is 0 Å². The van der Waals surface area contributed by atoms with Crippen molar-refractivity contribution in [1.29, 1.82) is 0 Å². The predicted octanol–water partition coefficient (Wildman–Crippen LogP) is 8.48. The molecule has 0 radical (unpaired) electrons. The van der Waals surface area contributed by atoms with Gasteiger partial charge >= 0.3 is 0 Å². The van der Waals surface area contributed by atoms with E-state index in [2.05, 4.69) is 68.1 Å². The largest absolute Gasteiger partial charge is 0.492 e. The maximum atomic E-state index is 6.72. The van der Waals surface area contributed by atoms with Crippen LogP contribution in [0.3, 0.4) is 0 Å². The lowest BCUT2D eigenvalue weighted by Crippen LogP contribution is -2.43. The minimum atomic E-state index is 0.485. The standard InChI is InChI=1S/C32H44ClNO/c1-4-18-34(19-5-2)20-21-35-24-13-11-23(12-14-24)28-22-32(3)17-7-9-29(32)27-16-15-25-26(31(27)28)8-6-10-30(25)33/h6,8,10-14,27-29,31H,4-5,7,9,15-22H2,1-3H3/t27-,28+,29-,31+,32-/m0/s1. The molecule has 0 amide bonds. The van der Waals surface area contributed by atoms with Crippen molar-refractivity contribution < 1.29 is 4.74 Å². The van der Waals surface area contributed by atoms with E-state index in [0.717, 1.165) is 55.3 Å². The average molecular weight is 494 g/mol. The third-order valence-corrected chi connectivity index (χ3v) is 9.92. The van der Waals surface area contributed by atoms with E-state index in [4.69, 9.17) is 16.3 Å². The molecule has 2 aromatic rings. The highest BCUT2D eigenvalue weighted by Crippen LogP contribution is 2.65. The number of hydrogen-bond acceptors (Lipinski definition) is 2. The number of fused-ring (bicyclic) bond motifs is 5. The number of ether oxygens (including phenoxy) is 1. The number of halogens is 1. The summed E-state index contributed by atoms with van der Waals surface area (Å²) in [5.74, 6) is 3.82. The van der Waals surface area contributed by atoms with E-state index in [-0.39, 0.29) is 0 Å². The summed E-state index contributed by atoms with van der Waals surface area (Å²) >= 11 is 6.72. The zero-order valence-corrected chi connectivity index (χ0v) is 22.8. The molecule has 190 valence electrons. The normalized spacial score (nSPS) is 29.5. The molecule has 3 aliphatic rings. The Labute approximate surface area is 218 Å². The summed E-state index contributed by atoms with van der Waals surface area (Å²) in [6, 6.07) is 15.8. The molecule has 0 N–H and O–H groups in total. The van der Waals surface area contributed by atoms with Crippen molar-refractivity contribution in [3.8, 4) is 5.75 Å². The van der Waals surface area contributed by atoms with Crippen LogP contribution in [0.4, 0.5) is 0 Å². The summed E-state index contributed by atoms with van der Waals surface area (Å²) in [6.07, 6.45) is 10.4. The van der Waals surface area contributed by atoms with Crippen LogP contribution in [0.25, 0.3) is 0 Å². The lowest BCUT2D eigenvalue weighted by Gasteiger charge is -2.53. The Hall–Kier alpha value is -1.51. The monoisotopic (exact) mass is 493 g/mol. The minimum Gasteiger partial charge on any atom is -0.492 e. The van der Waals surface area contributed by atoms with Crippen molar-refractivity contribution in [2.24, 2.45) is 17.3 Å². The Morgan fingerprint density at radius 1 is 1.00 bits per heavy atom. The number of nitrogens with zero attached hydrogens (tertiary/aromatic N) is 1. The summed E-state index contributed by atoms with van der Waals surface area (Å²) in [6.45, 7) is 11.2. The fourth-order valence-electron chi connectivity index (χ4n) is 8.11. The van der Waals surface area contributed by atoms with Crippen LogP contribution >= 0.6 is 11.6 Å². The SMILES string of the molecule is CCCN(CCC)CCOc1ccc([C@H]2C[C@]3(C)CCC[C@H]3[C@@H]3CCc4c(Cl)cccc4[C@H]32)cc1. The summed E-state index contributed by atoms with van der Waals surface area (Å²) < 4.78 is 6.18.